The Hall–Kier alpha value is -3.91. The fraction of sp³-hybridized carbons (Fsp3) is 0.259. The summed E-state index contributed by atoms with van der Waals surface area (Å²) in [6, 6.07) is 18.3. The van der Waals surface area contributed by atoms with Crippen LogP contribution in [0, 0.1) is 5.82 Å². The number of benzene rings is 3. The Morgan fingerprint density at radius 3 is 2.46 bits per heavy atom. The number of esters is 1. The molecule has 8 heteroatoms. The first kappa shape index (κ1) is 24.2. The molecule has 1 aliphatic rings. The summed E-state index contributed by atoms with van der Waals surface area (Å²) in [5.41, 5.74) is 3.74. The topological polar surface area (TPSA) is 77.1 Å². The Labute approximate surface area is 203 Å². The number of hydrogen-bond donors (Lipinski definition) is 1. The molecule has 0 spiro atoms. The number of fused-ring (bicyclic) bond motifs is 1. The molecule has 35 heavy (non-hydrogen) atoms. The van der Waals surface area contributed by atoms with Crippen LogP contribution >= 0.6 is 0 Å². The first-order chi connectivity index (χ1) is 17.0. The lowest BCUT2D eigenvalue weighted by atomic mass is 10.1. The maximum atomic E-state index is 13.0. The van der Waals surface area contributed by atoms with Crippen molar-refractivity contribution in [3.63, 3.8) is 0 Å². The summed E-state index contributed by atoms with van der Waals surface area (Å²) in [6.07, 6.45) is 0. The van der Waals surface area contributed by atoms with Crippen molar-refractivity contribution in [1.29, 1.82) is 0 Å². The minimum atomic E-state index is -0.399. The number of ether oxygens (including phenoxy) is 3. The van der Waals surface area contributed by atoms with E-state index in [-0.39, 0.29) is 11.8 Å². The molecule has 0 saturated carbocycles. The fourth-order valence-corrected chi connectivity index (χ4v) is 3.68. The molecular formula is C27H27FN2O5. The van der Waals surface area contributed by atoms with E-state index in [1.54, 1.807) is 48.2 Å². The Morgan fingerprint density at radius 2 is 1.71 bits per heavy atom. The zero-order valence-electron chi connectivity index (χ0n) is 19.5. The zero-order valence-corrected chi connectivity index (χ0v) is 19.5. The van der Waals surface area contributed by atoms with E-state index < -0.39 is 5.97 Å². The van der Waals surface area contributed by atoms with E-state index in [0.29, 0.717) is 50.8 Å². The summed E-state index contributed by atoms with van der Waals surface area (Å²) in [6.45, 7) is 3.99. The van der Waals surface area contributed by atoms with Gasteiger partial charge in [0.05, 0.1) is 38.5 Å². The third kappa shape index (κ3) is 6.58. The van der Waals surface area contributed by atoms with Crippen molar-refractivity contribution in [1.82, 2.24) is 4.90 Å². The van der Waals surface area contributed by atoms with E-state index in [2.05, 4.69) is 5.32 Å². The minimum Gasteiger partial charge on any atom is -0.491 e. The van der Waals surface area contributed by atoms with Crippen molar-refractivity contribution < 1.29 is 28.2 Å². The summed E-state index contributed by atoms with van der Waals surface area (Å²) in [7, 11) is 0. The van der Waals surface area contributed by atoms with Crippen molar-refractivity contribution in [2.75, 3.05) is 25.1 Å². The number of nitrogens with zero attached hydrogens (tertiary/aromatic N) is 1. The van der Waals surface area contributed by atoms with E-state index in [1.165, 1.54) is 12.1 Å². The van der Waals surface area contributed by atoms with Crippen LogP contribution in [-0.2, 0) is 29.2 Å². The molecule has 4 rings (SSSR count). The quantitative estimate of drug-likeness (QED) is 0.476. The third-order valence-corrected chi connectivity index (χ3v) is 5.49. The van der Waals surface area contributed by atoms with E-state index in [9.17, 15) is 14.0 Å². The number of amides is 2. The number of carbonyl (C=O) groups is 2. The van der Waals surface area contributed by atoms with Crippen LogP contribution < -0.4 is 10.1 Å². The van der Waals surface area contributed by atoms with Gasteiger partial charge in [-0.1, -0.05) is 18.2 Å². The van der Waals surface area contributed by atoms with Gasteiger partial charge >= 0.3 is 12.0 Å². The summed E-state index contributed by atoms with van der Waals surface area (Å²) in [5, 5.41) is 2.87. The number of hydrogen-bond acceptors (Lipinski definition) is 5. The average molecular weight is 479 g/mol. The highest BCUT2D eigenvalue weighted by Gasteiger charge is 2.20. The second-order valence-electron chi connectivity index (χ2n) is 8.06. The maximum Gasteiger partial charge on any atom is 0.338 e. The third-order valence-electron chi connectivity index (χ3n) is 5.49. The van der Waals surface area contributed by atoms with Crippen LogP contribution in [0.5, 0.6) is 5.75 Å². The number of rotatable bonds is 7. The van der Waals surface area contributed by atoms with Gasteiger partial charge in [-0.25, -0.2) is 14.0 Å². The summed E-state index contributed by atoms with van der Waals surface area (Å²) in [4.78, 5) is 26.4. The van der Waals surface area contributed by atoms with Gasteiger partial charge in [0.25, 0.3) is 0 Å². The van der Waals surface area contributed by atoms with Crippen molar-refractivity contribution in [2.24, 2.45) is 0 Å². The summed E-state index contributed by atoms with van der Waals surface area (Å²) >= 11 is 0. The lowest BCUT2D eigenvalue weighted by molar-refractivity contribution is 0.0526. The number of anilines is 1. The molecule has 0 bridgehead atoms. The fourth-order valence-electron chi connectivity index (χ4n) is 3.68. The van der Waals surface area contributed by atoms with Crippen LogP contribution in [0.25, 0.3) is 0 Å². The second-order valence-corrected chi connectivity index (χ2v) is 8.06. The number of nitrogens with one attached hydrogen (secondary N) is 1. The molecule has 0 atom stereocenters. The first-order valence-electron chi connectivity index (χ1n) is 11.4. The van der Waals surface area contributed by atoms with Gasteiger partial charge in [0.1, 0.15) is 18.2 Å². The lowest BCUT2D eigenvalue weighted by Gasteiger charge is -2.20. The summed E-state index contributed by atoms with van der Waals surface area (Å²) < 4.78 is 29.6. The van der Waals surface area contributed by atoms with Crippen LogP contribution in [-0.4, -0.2) is 36.7 Å². The highest BCUT2D eigenvalue weighted by molar-refractivity contribution is 5.92. The molecule has 3 aromatic carbocycles. The molecule has 1 aliphatic heterocycles. The van der Waals surface area contributed by atoms with Crippen molar-refractivity contribution in [3.8, 4) is 5.75 Å². The van der Waals surface area contributed by atoms with E-state index in [1.807, 2.05) is 18.2 Å². The smallest absolute Gasteiger partial charge is 0.338 e. The molecule has 0 radical (unpaired) electrons. The number of halogens is 1. The molecule has 0 aliphatic carbocycles. The molecular weight excluding hydrogens is 451 g/mol. The van der Waals surface area contributed by atoms with Gasteiger partial charge in [0.15, 0.2) is 0 Å². The monoisotopic (exact) mass is 478 g/mol. The average Bonchev–Trinajstić information content (AvgIpc) is 3.08. The predicted molar refractivity (Wildman–Crippen MR) is 129 cm³/mol. The van der Waals surface area contributed by atoms with Crippen LogP contribution in [0.4, 0.5) is 14.9 Å². The van der Waals surface area contributed by atoms with Gasteiger partial charge < -0.3 is 24.4 Å². The molecule has 3 aromatic rings. The standard InChI is InChI=1S/C27H27FN2O5/c1-2-34-26(31)21-6-10-24(11-7-21)29-27(32)30-13-14-35-25-12-5-20(15-22(25)16-30)18-33-17-19-3-8-23(28)9-4-19/h3-12,15H,2,13-14,16-18H2,1H3,(H,29,32). The molecule has 0 fully saturated rings. The maximum absolute atomic E-state index is 13.0. The molecule has 0 unspecified atom stereocenters. The van der Waals surface area contributed by atoms with Gasteiger partial charge in [0.2, 0.25) is 0 Å². The molecule has 0 saturated heterocycles. The van der Waals surface area contributed by atoms with Crippen LogP contribution in [0.1, 0.15) is 34.0 Å². The normalized spacial score (nSPS) is 12.8. The number of carbonyl (C=O) groups excluding carboxylic acids is 2. The van der Waals surface area contributed by atoms with Gasteiger partial charge in [-0.05, 0) is 66.6 Å². The Bertz CT molecular complexity index is 1170. The highest BCUT2D eigenvalue weighted by atomic mass is 19.1. The van der Waals surface area contributed by atoms with Gasteiger partial charge in [0, 0.05) is 11.3 Å². The summed E-state index contributed by atoms with van der Waals surface area (Å²) in [5.74, 6) is 0.0623. The van der Waals surface area contributed by atoms with Gasteiger partial charge in [-0.3, -0.25) is 0 Å². The highest BCUT2D eigenvalue weighted by Crippen LogP contribution is 2.25. The van der Waals surface area contributed by atoms with Gasteiger partial charge in [-0.15, -0.1) is 0 Å². The largest absolute Gasteiger partial charge is 0.491 e. The van der Waals surface area contributed by atoms with Crippen molar-refractivity contribution in [3.05, 3.63) is 94.8 Å². The predicted octanol–water partition coefficient (Wildman–Crippen LogP) is 5.15. The molecule has 2 amide bonds. The van der Waals surface area contributed by atoms with E-state index in [4.69, 9.17) is 14.2 Å². The first-order valence-corrected chi connectivity index (χ1v) is 11.4. The van der Waals surface area contributed by atoms with E-state index >= 15 is 0 Å². The Morgan fingerprint density at radius 1 is 1.00 bits per heavy atom. The Kier molecular flexibility index (Phi) is 7.95. The number of urea groups is 1. The molecule has 1 N–H and O–H groups in total. The van der Waals surface area contributed by atoms with Crippen LogP contribution in [0.3, 0.4) is 0 Å². The molecule has 0 aromatic heterocycles. The van der Waals surface area contributed by atoms with E-state index in [0.717, 1.165) is 22.4 Å². The molecule has 182 valence electrons. The second kappa shape index (κ2) is 11.5. The van der Waals surface area contributed by atoms with Crippen molar-refractivity contribution in [2.45, 2.75) is 26.7 Å². The van der Waals surface area contributed by atoms with Crippen LogP contribution in [0.15, 0.2) is 66.7 Å². The molecule has 7 nitrogen and oxygen atoms in total. The van der Waals surface area contributed by atoms with Crippen LogP contribution in [0.2, 0.25) is 0 Å². The lowest BCUT2D eigenvalue weighted by Crippen LogP contribution is -2.36. The molecule has 1 heterocycles. The minimum absolute atomic E-state index is 0.261. The Balaban J connectivity index is 1.35. The van der Waals surface area contributed by atoms with Crippen molar-refractivity contribution >= 4 is 17.7 Å². The zero-order chi connectivity index (χ0) is 24.6. The SMILES string of the molecule is CCOC(=O)c1ccc(NC(=O)N2CCOc3ccc(COCc4ccc(F)cc4)cc3C2)cc1. The van der Waals surface area contributed by atoms with Gasteiger partial charge in [-0.2, -0.15) is 0 Å².